The van der Waals surface area contributed by atoms with Crippen molar-refractivity contribution in [1.82, 2.24) is 9.78 Å². The molecule has 0 atom stereocenters. The highest BCUT2D eigenvalue weighted by Gasteiger charge is 2.23. The van der Waals surface area contributed by atoms with Crippen LogP contribution in [0.25, 0.3) is 10.9 Å². The molecule has 9 heteroatoms. The summed E-state index contributed by atoms with van der Waals surface area (Å²) in [7, 11) is 0. The van der Waals surface area contributed by atoms with Crippen molar-refractivity contribution < 1.29 is 14.5 Å². The molecule has 0 radical (unpaired) electrons. The molecule has 7 nitrogen and oxygen atoms in total. The number of halogens is 2. The van der Waals surface area contributed by atoms with Gasteiger partial charge in [-0.1, -0.05) is 42.6 Å². The van der Waals surface area contributed by atoms with Crippen molar-refractivity contribution in [3.05, 3.63) is 62.1 Å². The number of fused-ring (bicyclic) bond motifs is 1. The molecule has 0 N–H and O–H groups in total. The highest BCUT2D eigenvalue weighted by atomic mass is 35.5. The van der Waals surface area contributed by atoms with E-state index in [1.807, 2.05) is 6.92 Å². The van der Waals surface area contributed by atoms with Crippen LogP contribution in [0, 0.1) is 10.1 Å². The molecular formula is C18H15Cl2N3O4. The van der Waals surface area contributed by atoms with Crippen LogP contribution in [0.15, 0.2) is 36.4 Å². The summed E-state index contributed by atoms with van der Waals surface area (Å²) in [5, 5.41) is 16.1. The van der Waals surface area contributed by atoms with Gasteiger partial charge in [0.25, 0.3) is 11.6 Å². The maximum Gasteiger partial charge on any atom is 0.281 e. The largest absolute Gasteiger partial charge is 0.476 e. The summed E-state index contributed by atoms with van der Waals surface area (Å²) >= 11 is 12.3. The van der Waals surface area contributed by atoms with Gasteiger partial charge >= 0.3 is 0 Å². The predicted molar refractivity (Wildman–Crippen MR) is 103 cm³/mol. The summed E-state index contributed by atoms with van der Waals surface area (Å²) in [5.41, 5.74) is 0.349. The average Bonchev–Trinajstić information content (AvgIpc) is 2.99. The number of ether oxygens (including phenoxy) is 1. The van der Waals surface area contributed by atoms with Gasteiger partial charge in [0.15, 0.2) is 0 Å². The van der Waals surface area contributed by atoms with Crippen molar-refractivity contribution in [3.63, 3.8) is 0 Å². The van der Waals surface area contributed by atoms with Crippen molar-refractivity contribution >= 4 is 45.7 Å². The second-order valence-electron chi connectivity index (χ2n) is 5.78. The number of carbonyl (C=O) groups is 1. The van der Waals surface area contributed by atoms with E-state index in [1.165, 1.54) is 18.2 Å². The molecule has 27 heavy (non-hydrogen) atoms. The van der Waals surface area contributed by atoms with E-state index in [2.05, 4.69) is 5.10 Å². The average molecular weight is 408 g/mol. The molecular weight excluding hydrogens is 393 g/mol. The Labute approximate surface area is 164 Å². The van der Waals surface area contributed by atoms with Gasteiger partial charge in [-0.3, -0.25) is 14.9 Å². The first-order chi connectivity index (χ1) is 12.9. The summed E-state index contributed by atoms with van der Waals surface area (Å²) in [4.78, 5) is 23.6. The number of nitro groups is 1. The quantitative estimate of drug-likeness (QED) is 0.321. The van der Waals surface area contributed by atoms with E-state index in [0.29, 0.717) is 17.5 Å². The van der Waals surface area contributed by atoms with Crippen LogP contribution in [-0.4, -0.2) is 27.2 Å². The van der Waals surface area contributed by atoms with Crippen LogP contribution >= 0.6 is 23.2 Å². The van der Waals surface area contributed by atoms with E-state index in [1.54, 1.807) is 18.2 Å². The zero-order valence-electron chi connectivity index (χ0n) is 14.3. The van der Waals surface area contributed by atoms with Gasteiger partial charge < -0.3 is 4.74 Å². The molecule has 0 aliphatic carbocycles. The number of non-ortho nitro benzene ring substituents is 1. The van der Waals surface area contributed by atoms with Gasteiger partial charge in [0.2, 0.25) is 5.88 Å². The minimum Gasteiger partial charge on any atom is -0.476 e. The number of nitro benzene ring substituents is 1. The highest BCUT2D eigenvalue weighted by Crippen LogP contribution is 2.32. The molecule has 140 valence electrons. The Morgan fingerprint density at radius 1 is 1.26 bits per heavy atom. The van der Waals surface area contributed by atoms with E-state index < -0.39 is 10.8 Å². The van der Waals surface area contributed by atoms with Gasteiger partial charge in [0.05, 0.1) is 38.0 Å². The first kappa shape index (κ1) is 19.1. The summed E-state index contributed by atoms with van der Waals surface area (Å²) in [6.07, 6.45) is 1.69. The van der Waals surface area contributed by atoms with Crippen molar-refractivity contribution in [2.24, 2.45) is 0 Å². The Morgan fingerprint density at radius 2 is 1.96 bits per heavy atom. The number of rotatable bonds is 6. The topological polar surface area (TPSA) is 87.3 Å². The smallest absolute Gasteiger partial charge is 0.281 e. The SMILES string of the molecule is CCCCOc1nn(C(=O)c2c(Cl)cccc2Cl)c2ccc([N+](=O)[O-])cc12. The van der Waals surface area contributed by atoms with E-state index in [4.69, 9.17) is 27.9 Å². The number of carbonyl (C=O) groups excluding carboxylic acids is 1. The molecule has 0 saturated carbocycles. The molecule has 3 rings (SSSR count). The number of unbranched alkanes of at least 4 members (excludes halogenated alkanes) is 1. The van der Waals surface area contributed by atoms with Crippen molar-refractivity contribution in [2.45, 2.75) is 19.8 Å². The number of benzene rings is 2. The molecule has 1 heterocycles. The molecule has 0 aliphatic heterocycles. The van der Waals surface area contributed by atoms with Gasteiger partial charge in [-0.15, -0.1) is 5.10 Å². The standard InChI is InChI=1S/C18H15Cl2N3O4/c1-2-3-9-27-17-12-10-11(23(25)26)7-8-15(12)22(21-17)18(24)16-13(19)5-4-6-14(16)20/h4-8,10H,2-3,9H2,1H3. The second-order valence-corrected chi connectivity index (χ2v) is 6.59. The Bertz CT molecular complexity index is 1010. The molecule has 0 unspecified atom stereocenters. The number of hydrogen-bond acceptors (Lipinski definition) is 5. The number of hydrogen-bond donors (Lipinski definition) is 0. The minimum absolute atomic E-state index is 0.101. The van der Waals surface area contributed by atoms with Crippen LogP contribution in [0.4, 0.5) is 5.69 Å². The van der Waals surface area contributed by atoms with E-state index in [0.717, 1.165) is 17.5 Å². The fourth-order valence-electron chi connectivity index (χ4n) is 2.57. The molecule has 0 saturated heterocycles. The first-order valence-electron chi connectivity index (χ1n) is 8.22. The molecule has 0 fully saturated rings. The monoisotopic (exact) mass is 407 g/mol. The molecule has 2 aromatic carbocycles. The summed E-state index contributed by atoms with van der Waals surface area (Å²) in [5.74, 6) is -0.395. The van der Waals surface area contributed by atoms with Crippen LogP contribution in [-0.2, 0) is 0 Å². The third kappa shape index (κ3) is 3.74. The molecule has 0 bridgehead atoms. The summed E-state index contributed by atoms with van der Waals surface area (Å²) in [6, 6.07) is 8.83. The first-order valence-corrected chi connectivity index (χ1v) is 8.98. The Kier molecular flexibility index (Phi) is 5.62. The Hall–Kier alpha value is -2.64. The van der Waals surface area contributed by atoms with Gasteiger partial charge in [-0.2, -0.15) is 4.68 Å². The molecule has 3 aromatic rings. The van der Waals surface area contributed by atoms with E-state index >= 15 is 0 Å². The summed E-state index contributed by atoms with van der Waals surface area (Å²) in [6.45, 7) is 2.39. The van der Waals surface area contributed by atoms with Crippen LogP contribution in [0.3, 0.4) is 0 Å². The van der Waals surface area contributed by atoms with Crippen molar-refractivity contribution in [3.8, 4) is 5.88 Å². The van der Waals surface area contributed by atoms with Crippen LogP contribution < -0.4 is 4.74 Å². The lowest BCUT2D eigenvalue weighted by atomic mass is 10.2. The maximum absolute atomic E-state index is 13.0. The van der Waals surface area contributed by atoms with Crippen molar-refractivity contribution in [2.75, 3.05) is 6.61 Å². The predicted octanol–water partition coefficient (Wildman–Crippen LogP) is 5.12. The van der Waals surface area contributed by atoms with Crippen molar-refractivity contribution in [1.29, 1.82) is 0 Å². The van der Waals surface area contributed by atoms with E-state index in [9.17, 15) is 14.9 Å². The Balaban J connectivity index is 2.15. The maximum atomic E-state index is 13.0. The highest BCUT2D eigenvalue weighted by molar-refractivity contribution is 6.39. The normalized spacial score (nSPS) is 10.9. The lowest BCUT2D eigenvalue weighted by Crippen LogP contribution is -2.15. The number of nitrogens with zero attached hydrogens (tertiary/aromatic N) is 3. The van der Waals surface area contributed by atoms with Crippen LogP contribution in [0.1, 0.15) is 30.1 Å². The fourth-order valence-corrected chi connectivity index (χ4v) is 3.13. The number of aromatic nitrogens is 2. The van der Waals surface area contributed by atoms with Gasteiger partial charge in [-0.25, -0.2) is 0 Å². The molecule has 0 amide bonds. The lowest BCUT2D eigenvalue weighted by molar-refractivity contribution is -0.384. The zero-order valence-corrected chi connectivity index (χ0v) is 15.8. The van der Waals surface area contributed by atoms with Crippen LogP contribution in [0.2, 0.25) is 10.0 Å². The minimum atomic E-state index is -0.546. The van der Waals surface area contributed by atoms with E-state index in [-0.39, 0.29) is 27.2 Å². The zero-order chi connectivity index (χ0) is 19.6. The molecule has 1 aromatic heterocycles. The summed E-state index contributed by atoms with van der Waals surface area (Å²) < 4.78 is 6.75. The van der Waals surface area contributed by atoms with Gasteiger partial charge in [-0.05, 0) is 24.6 Å². The van der Waals surface area contributed by atoms with Gasteiger partial charge in [0, 0.05) is 12.1 Å². The van der Waals surface area contributed by atoms with Crippen LogP contribution in [0.5, 0.6) is 5.88 Å². The second kappa shape index (κ2) is 7.94. The van der Waals surface area contributed by atoms with Gasteiger partial charge in [0.1, 0.15) is 0 Å². The third-order valence-corrected chi connectivity index (χ3v) is 4.58. The molecule has 0 spiro atoms. The third-order valence-electron chi connectivity index (χ3n) is 3.95. The lowest BCUT2D eigenvalue weighted by Gasteiger charge is -2.06. The Morgan fingerprint density at radius 3 is 2.59 bits per heavy atom. The molecule has 0 aliphatic rings. The fraction of sp³-hybridized carbons (Fsp3) is 0.222.